The third-order valence-electron chi connectivity index (χ3n) is 4.71. The smallest absolute Gasteiger partial charge is 0.223 e. The van der Waals surface area contributed by atoms with Crippen molar-refractivity contribution in [1.82, 2.24) is 5.32 Å². The molecule has 0 saturated heterocycles. The van der Waals surface area contributed by atoms with Crippen molar-refractivity contribution in [3.05, 3.63) is 59.2 Å². The van der Waals surface area contributed by atoms with Crippen molar-refractivity contribution < 1.29 is 14.6 Å². The van der Waals surface area contributed by atoms with Crippen molar-refractivity contribution in [3.8, 4) is 11.5 Å². The highest BCUT2D eigenvalue weighted by atomic mass is 16.5. The van der Waals surface area contributed by atoms with E-state index < -0.39 is 0 Å². The summed E-state index contributed by atoms with van der Waals surface area (Å²) in [4.78, 5) is 12.3. The average Bonchev–Trinajstić information content (AvgIpc) is 3.37. The van der Waals surface area contributed by atoms with Crippen LogP contribution in [0.25, 0.3) is 0 Å². The minimum Gasteiger partial charge on any atom is -0.504 e. The number of rotatable bonds is 6. The molecule has 1 aliphatic rings. The van der Waals surface area contributed by atoms with Gasteiger partial charge in [-0.1, -0.05) is 36.4 Å². The van der Waals surface area contributed by atoms with E-state index >= 15 is 0 Å². The number of carbonyl (C=O) groups excluding carboxylic acids is 1. The number of phenols is 1. The van der Waals surface area contributed by atoms with Crippen LogP contribution in [0, 0.1) is 12.8 Å². The molecule has 1 aliphatic carbocycles. The summed E-state index contributed by atoms with van der Waals surface area (Å²) in [7, 11) is 1.53. The highest BCUT2D eigenvalue weighted by molar-refractivity contribution is 5.83. The Balaban J connectivity index is 1.52. The van der Waals surface area contributed by atoms with Gasteiger partial charge >= 0.3 is 0 Å². The molecule has 2 atom stereocenters. The zero-order valence-electron chi connectivity index (χ0n) is 14.1. The molecule has 2 aromatic rings. The normalized spacial score (nSPS) is 18.9. The van der Waals surface area contributed by atoms with Crippen LogP contribution in [0.4, 0.5) is 0 Å². The fraction of sp³-hybridized carbons (Fsp3) is 0.350. The van der Waals surface area contributed by atoms with E-state index in [1.54, 1.807) is 6.07 Å². The van der Waals surface area contributed by atoms with Crippen molar-refractivity contribution >= 4 is 5.91 Å². The maximum absolute atomic E-state index is 12.3. The molecule has 0 aromatic heterocycles. The molecule has 24 heavy (non-hydrogen) atoms. The lowest BCUT2D eigenvalue weighted by atomic mass is 10.0. The first-order valence-corrected chi connectivity index (χ1v) is 8.30. The van der Waals surface area contributed by atoms with Crippen molar-refractivity contribution in [2.45, 2.75) is 25.7 Å². The van der Waals surface area contributed by atoms with Crippen molar-refractivity contribution in [1.29, 1.82) is 0 Å². The van der Waals surface area contributed by atoms with E-state index in [0.717, 1.165) is 12.0 Å². The Morgan fingerprint density at radius 2 is 2.04 bits per heavy atom. The Labute approximate surface area is 142 Å². The van der Waals surface area contributed by atoms with E-state index in [1.807, 2.05) is 24.3 Å². The third kappa shape index (κ3) is 3.37. The van der Waals surface area contributed by atoms with Crippen LogP contribution in [0.5, 0.6) is 11.5 Å². The molecule has 1 saturated carbocycles. The number of carbonyl (C=O) groups is 1. The molecule has 0 radical (unpaired) electrons. The molecular formula is C20H23NO3. The Kier molecular flexibility index (Phi) is 4.74. The van der Waals surface area contributed by atoms with Crippen LogP contribution < -0.4 is 10.1 Å². The second-order valence-corrected chi connectivity index (χ2v) is 6.31. The topological polar surface area (TPSA) is 58.6 Å². The van der Waals surface area contributed by atoms with Crippen molar-refractivity contribution in [2.75, 3.05) is 13.7 Å². The minimum absolute atomic E-state index is 0.0741. The number of hydrogen-bond acceptors (Lipinski definition) is 3. The fourth-order valence-electron chi connectivity index (χ4n) is 3.22. The molecule has 0 aliphatic heterocycles. The summed E-state index contributed by atoms with van der Waals surface area (Å²) in [5.74, 6) is 1.13. The van der Waals surface area contributed by atoms with Crippen LogP contribution in [0.15, 0.2) is 42.5 Å². The number of methoxy groups -OCH3 is 1. The van der Waals surface area contributed by atoms with Crippen LogP contribution in [-0.2, 0) is 11.2 Å². The Morgan fingerprint density at radius 3 is 2.79 bits per heavy atom. The van der Waals surface area contributed by atoms with E-state index in [0.29, 0.717) is 24.6 Å². The van der Waals surface area contributed by atoms with Gasteiger partial charge in [0.05, 0.1) is 7.11 Å². The zero-order valence-corrected chi connectivity index (χ0v) is 14.1. The van der Waals surface area contributed by atoms with Crippen LogP contribution in [0.3, 0.4) is 0 Å². The van der Waals surface area contributed by atoms with Gasteiger partial charge in [0, 0.05) is 12.5 Å². The molecule has 3 rings (SSSR count). The first kappa shape index (κ1) is 16.4. The van der Waals surface area contributed by atoms with Gasteiger partial charge < -0.3 is 15.2 Å². The summed E-state index contributed by atoms with van der Waals surface area (Å²) in [6.45, 7) is 2.60. The third-order valence-corrected chi connectivity index (χ3v) is 4.71. The number of benzene rings is 2. The molecule has 0 unspecified atom stereocenters. The Hall–Kier alpha value is -2.49. The molecule has 4 heteroatoms. The van der Waals surface area contributed by atoms with Gasteiger partial charge in [0.25, 0.3) is 0 Å². The van der Waals surface area contributed by atoms with Crippen LogP contribution in [-0.4, -0.2) is 24.7 Å². The summed E-state index contributed by atoms with van der Waals surface area (Å²) in [5, 5.41) is 13.0. The quantitative estimate of drug-likeness (QED) is 0.857. The predicted molar refractivity (Wildman–Crippen MR) is 93.4 cm³/mol. The van der Waals surface area contributed by atoms with E-state index in [9.17, 15) is 9.90 Å². The van der Waals surface area contributed by atoms with E-state index in [-0.39, 0.29) is 17.6 Å². The number of ether oxygens (including phenoxy) is 1. The lowest BCUT2D eigenvalue weighted by Crippen LogP contribution is -2.27. The molecule has 4 nitrogen and oxygen atoms in total. The zero-order chi connectivity index (χ0) is 17.1. The molecule has 1 amide bonds. The standard InChI is InChI=1S/C20H23NO3/c1-13-6-3-4-8-15(13)16-12-17(16)20(23)21-11-10-14-7-5-9-18(24-2)19(14)22/h3-9,16-17,22H,10-12H2,1-2H3,(H,21,23)/t16-,17-/m0/s1. The number of aromatic hydroxyl groups is 1. The van der Waals surface area contributed by atoms with Gasteiger partial charge in [0.1, 0.15) is 0 Å². The minimum atomic E-state index is 0.0741. The first-order valence-electron chi connectivity index (χ1n) is 8.30. The number of phenolic OH excluding ortho intramolecular Hbond substituents is 1. The Bertz CT molecular complexity index is 741. The monoisotopic (exact) mass is 325 g/mol. The first-order chi connectivity index (χ1) is 11.6. The Morgan fingerprint density at radius 1 is 1.25 bits per heavy atom. The van der Waals surface area contributed by atoms with Crippen LogP contribution in [0.1, 0.15) is 29.0 Å². The number of aryl methyl sites for hydroxylation is 1. The molecule has 1 fully saturated rings. The maximum Gasteiger partial charge on any atom is 0.223 e. The van der Waals surface area contributed by atoms with Gasteiger partial charge in [-0.2, -0.15) is 0 Å². The summed E-state index contributed by atoms with van der Waals surface area (Å²) in [6, 6.07) is 13.7. The van der Waals surface area contributed by atoms with Gasteiger partial charge in [0.2, 0.25) is 5.91 Å². The number of hydrogen-bond donors (Lipinski definition) is 2. The average molecular weight is 325 g/mol. The number of amides is 1. The molecule has 0 bridgehead atoms. The second-order valence-electron chi connectivity index (χ2n) is 6.31. The van der Waals surface area contributed by atoms with Gasteiger partial charge in [0.15, 0.2) is 11.5 Å². The van der Waals surface area contributed by atoms with Crippen molar-refractivity contribution in [3.63, 3.8) is 0 Å². The van der Waals surface area contributed by atoms with Crippen LogP contribution >= 0.6 is 0 Å². The summed E-state index contributed by atoms with van der Waals surface area (Å²) in [6.07, 6.45) is 1.50. The fourth-order valence-corrected chi connectivity index (χ4v) is 3.22. The largest absolute Gasteiger partial charge is 0.504 e. The number of nitrogens with one attached hydrogen (secondary N) is 1. The number of para-hydroxylation sites is 1. The molecule has 0 spiro atoms. The van der Waals surface area contributed by atoms with Gasteiger partial charge in [-0.25, -0.2) is 0 Å². The molecule has 2 aromatic carbocycles. The lowest BCUT2D eigenvalue weighted by molar-refractivity contribution is -0.122. The molecule has 126 valence electrons. The molecule has 0 heterocycles. The summed E-state index contributed by atoms with van der Waals surface area (Å²) >= 11 is 0. The van der Waals surface area contributed by atoms with E-state index in [1.165, 1.54) is 18.2 Å². The van der Waals surface area contributed by atoms with Gasteiger partial charge in [-0.15, -0.1) is 0 Å². The summed E-state index contributed by atoms with van der Waals surface area (Å²) in [5.41, 5.74) is 3.31. The van der Waals surface area contributed by atoms with Crippen molar-refractivity contribution in [2.24, 2.45) is 5.92 Å². The summed E-state index contributed by atoms with van der Waals surface area (Å²) < 4.78 is 5.10. The SMILES string of the molecule is COc1cccc(CCNC(=O)[C@H]2C[C@H]2c2ccccc2C)c1O. The van der Waals surface area contributed by atoms with E-state index in [4.69, 9.17) is 4.74 Å². The van der Waals surface area contributed by atoms with Gasteiger partial charge in [-0.3, -0.25) is 4.79 Å². The van der Waals surface area contributed by atoms with Gasteiger partial charge in [-0.05, 0) is 48.4 Å². The lowest BCUT2D eigenvalue weighted by Gasteiger charge is -2.10. The predicted octanol–water partition coefficient (Wildman–Crippen LogP) is 3.17. The molecular weight excluding hydrogens is 302 g/mol. The maximum atomic E-state index is 12.3. The highest BCUT2D eigenvalue weighted by Gasteiger charge is 2.44. The highest BCUT2D eigenvalue weighted by Crippen LogP contribution is 2.48. The van der Waals surface area contributed by atoms with Crippen LogP contribution in [0.2, 0.25) is 0 Å². The van der Waals surface area contributed by atoms with E-state index in [2.05, 4.69) is 24.4 Å². The second kappa shape index (κ2) is 6.95. The molecule has 2 N–H and O–H groups in total.